The fourth-order valence-corrected chi connectivity index (χ4v) is 3.53. The van der Waals surface area contributed by atoms with Crippen molar-refractivity contribution in [1.29, 1.82) is 5.41 Å². The Labute approximate surface area is 138 Å². The van der Waals surface area contributed by atoms with Gasteiger partial charge in [-0.2, -0.15) is 0 Å². The van der Waals surface area contributed by atoms with E-state index in [4.69, 9.17) is 11.1 Å². The van der Waals surface area contributed by atoms with Gasteiger partial charge in [0.2, 0.25) is 0 Å². The molecule has 3 rings (SSSR count). The van der Waals surface area contributed by atoms with Crippen LogP contribution in [0.3, 0.4) is 0 Å². The Hall–Kier alpha value is -2.23. The molecular formula is C19H26N4. The average molecular weight is 310 g/mol. The zero-order valence-corrected chi connectivity index (χ0v) is 14.1. The van der Waals surface area contributed by atoms with Gasteiger partial charge >= 0.3 is 0 Å². The second-order valence-corrected chi connectivity index (χ2v) is 7.36. The monoisotopic (exact) mass is 310 g/mol. The van der Waals surface area contributed by atoms with Crippen molar-refractivity contribution < 1.29 is 0 Å². The molecule has 23 heavy (non-hydrogen) atoms. The van der Waals surface area contributed by atoms with Gasteiger partial charge < -0.3 is 16.0 Å². The van der Waals surface area contributed by atoms with Gasteiger partial charge in [-0.1, -0.05) is 20.4 Å². The number of allylic oxidation sites excluding steroid dienone is 3. The van der Waals surface area contributed by atoms with Crippen molar-refractivity contribution in [2.45, 2.75) is 46.0 Å². The Bertz CT molecular complexity index is 716. The van der Waals surface area contributed by atoms with Crippen LogP contribution in [0.2, 0.25) is 0 Å². The van der Waals surface area contributed by atoms with Gasteiger partial charge in [0, 0.05) is 17.1 Å². The van der Waals surface area contributed by atoms with Gasteiger partial charge in [-0.3, -0.25) is 5.41 Å². The predicted molar refractivity (Wildman–Crippen MR) is 96.1 cm³/mol. The quantitative estimate of drug-likeness (QED) is 0.638. The van der Waals surface area contributed by atoms with E-state index in [2.05, 4.69) is 42.9 Å². The summed E-state index contributed by atoms with van der Waals surface area (Å²) in [7, 11) is 0. The summed E-state index contributed by atoms with van der Waals surface area (Å²) in [5, 5.41) is 11.7. The van der Waals surface area contributed by atoms with E-state index in [1.54, 1.807) is 6.20 Å². The molecule has 1 heterocycles. The molecule has 4 heteroatoms. The first-order chi connectivity index (χ1) is 10.9. The third-order valence-corrected chi connectivity index (χ3v) is 4.88. The molecule has 5 N–H and O–H groups in total. The lowest BCUT2D eigenvalue weighted by Gasteiger charge is -2.31. The number of rotatable bonds is 4. The van der Waals surface area contributed by atoms with E-state index in [1.165, 1.54) is 5.56 Å². The molecule has 1 aromatic heterocycles. The molecule has 0 fully saturated rings. The van der Waals surface area contributed by atoms with Crippen molar-refractivity contribution in [1.82, 2.24) is 10.3 Å². The third-order valence-electron chi connectivity index (χ3n) is 4.88. The summed E-state index contributed by atoms with van der Waals surface area (Å²) in [6.07, 6.45) is 8.62. The van der Waals surface area contributed by atoms with Gasteiger partial charge in [0.1, 0.15) is 0 Å². The number of fused-ring (bicyclic) bond motifs is 1. The molecule has 122 valence electrons. The van der Waals surface area contributed by atoms with Gasteiger partial charge in [-0.05, 0) is 67.0 Å². The average Bonchev–Trinajstić information content (AvgIpc) is 2.89. The Morgan fingerprint density at radius 1 is 1.39 bits per heavy atom. The number of aromatic nitrogens is 1. The first-order valence-electron chi connectivity index (χ1n) is 8.26. The zero-order chi connectivity index (χ0) is 16.6. The van der Waals surface area contributed by atoms with E-state index in [0.717, 1.165) is 60.5 Å². The van der Waals surface area contributed by atoms with Crippen LogP contribution >= 0.6 is 0 Å². The smallest absolute Gasteiger partial charge is 0.0823 e. The molecule has 0 aliphatic heterocycles. The molecule has 0 saturated carbocycles. The minimum absolute atomic E-state index is 0.247. The zero-order valence-electron chi connectivity index (χ0n) is 14.1. The molecule has 4 nitrogen and oxygen atoms in total. The lowest BCUT2D eigenvalue weighted by atomic mass is 9.75. The number of aromatic amines is 1. The lowest BCUT2D eigenvalue weighted by Crippen LogP contribution is -2.25. The van der Waals surface area contributed by atoms with Crippen LogP contribution in [0.5, 0.6) is 0 Å². The Balaban J connectivity index is 1.87. The van der Waals surface area contributed by atoms with Crippen molar-refractivity contribution in [3.63, 3.8) is 0 Å². The van der Waals surface area contributed by atoms with Gasteiger partial charge in [-0.15, -0.1) is 0 Å². The van der Waals surface area contributed by atoms with Crippen LogP contribution in [0, 0.1) is 10.8 Å². The number of aryl methyl sites for hydroxylation is 1. The van der Waals surface area contributed by atoms with E-state index >= 15 is 0 Å². The van der Waals surface area contributed by atoms with Crippen molar-refractivity contribution >= 4 is 11.8 Å². The second-order valence-electron chi connectivity index (χ2n) is 7.36. The molecule has 0 atom stereocenters. The van der Waals surface area contributed by atoms with Crippen molar-refractivity contribution in [3.05, 3.63) is 52.8 Å². The summed E-state index contributed by atoms with van der Waals surface area (Å²) in [4.78, 5) is 3.40. The van der Waals surface area contributed by atoms with E-state index in [-0.39, 0.29) is 5.41 Å². The molecule has 0 unspecified atom stereocenters. The topological polar surface area (TPSA) is 77.7 Å². The molecule has 1 aromatic rings. The summed E-state index contributed by atoms with van der Waals surface area (Å²) < 4.78 is 0. The third kappa shape index (κ3) is 3.11. The maximum Gasteiger partial charge on any atom is 0.0823 e. The maximum absolute atomic E-state index is 8.57. The molecule has 0 amide bonds. The highest BCUT2D eigenvalue weighted by molar-refractivity contribution is 6.10. The van der Waals surface area contributed by atoms with Crippen LogP contribution in [-0.4, -0.2) is 10.7 Å². The summed E-state index contributed by atoms with van der Waals surface area (Å²) in [6.45, 7) is 8.19. The molecule has 2 aliphatic carbocycles. The molecule has 0 aromatic carbocycles. The summed E-state index contributed by atoms with van der Waals surface area (Å²) in [6, 6.07) is 2.11. The van der Waals surface area contributed by atoms with Crippen molar-refractivity contribution in [3.8, 4) is 0 Å². The predicted octanol–water partition coefficient (Wildman–Crippen LogP) is 3.83. The van der Waals surface area contributed by atoms with E-state index in [9.17, 15) is 0 Å². The van der Waals surface area contributed by atoms with Crippen LogP contribution in [0.25, 0.3) is 6.08 Å². The van der Waals surface area contributed by atoms with Gasteiger partial charge in [0.15, 0.2) is 0 Å². The fraction of sp³-hybridized carbons (Fsp3) is 0.421. The molecule has 0 spiro atoms. The van der Waals surface area contributed by atoms with E-state index in [0.29, 0.717) is 5.71 Å². The van der Waals surface area contributed by atoms with Crippen molar-refractivity contribution in [2.75, 3.05) is 0 Å². The Morgan fingerprint density at radius 3 is 2.87 bits per heavy atom. The van der Waals surface area contributed by atoms with E-state index < -0.39 is 0 Å². The number of H-pyrrole nitrogens is 1. The first kappa shape index (κ1) is 15.7. The highest BCUT2D eigenvalue weighted by atomic mass is 14.9. The normalized spacial score (nSPS) is 19.8. The summed E-state index contributed by atoms with van der Waals surface area (Å²) >= 11 is 0. The Morgan fingerprint density at radius 2 is 2.17 bits per heavy atom. The summed E-state index contributed by atoms with van der Waals surface area (Å²) in [5.41, 5.74) is 13.4. The molecule has 2 aliphatic rings. The second kappa shape index (κ2) is 5.76. The van der Waals surface area contributed by atoms with E-state index in [1.807, 2.05) is 0 Å². The highest BCUT2D eigenvalue weighted by Crippen LogP contribution is 2.38. The van der Waals surface area contributed by atoms with Gasteiger partial charge in [-0.25, -0.2) is 0 Å². The largest absolute Gasteiger partial charge is 0.402 e. The minimum Gasteiger partial charge on any atom is -0.402 e. The SMILES string of the molecule is C=CNC1=Cc2[nH]c(C(=N)C3=C(N)CC(C)(C)CC3)cc2CC1. The standard InChI is InChI=1S/C19H26N4/c1-4-22-13-6-5-12-9-17(23-16(12)10-13)18(21)14-7-8-19(2,3)11-15(14)20/h4,9-10,21-23H,1,5-8,11,20H2,2-3H3. The number of hydrogen-bond donors (Lipinski definition) is 4. The fourth-order valence-electron chi connectivity index (χ4n) is 3.53. The first-order valence-corrected chi connectivity index (χ1v) is 8.26. The lowest BCUT2D eigenvalue weighted by molar-refractivity contribution is 0.315. The molecule has 0 radical (unpaired) electrons. The number of hydrogen-bond acceptors (Lipinski definition) is 3. The summed E-state index contributed by atoms with van der Waals surface area (Å²) in [5.74, 6) is 0. The number of nitrogens with two attached hydrogens (primary N) is 1. The van der Waals surface area contributed by atoms with Crippen LogP contribution in [-0.2, 0) is 6.42 Å². The van der Waals surface area contributed by atoms with Crippen LogP contribution < -0.4 is 11.1 Å². The van der Waals surface area contributed by atoms with Gasteiger partial charge in [0.05, 0.1) is 11.4 Å². The van der Waals surface area contributed by atoms with Crippen LogP contribution in [0.15, 0.2) is 35.8 Å². The maximum atomic E-state index is 8.57. The molecular weight excluding hydrogens is 284 g/mol. The van der Waals surface area contributed by atoms with Gasteiger partial charge in [0.25, 0.3) is 0 Å². The molecule has 0 bridgehead atoms. The van der Waals surface area contributed by atoms with Crippen molar-refractivity contribution in [2.24, 2.45) is 11.1 Å². The molecule has 0 saturated heterocycles. The van der Waals surface area contributed by atoms with Crippen LogP contribution in [0.1, 0.15) is 56.5 Å². The van der Waals surface area contributed by atoms with Crippen LogP contribution in [0.4, 0.5) is 0 Å². The minimum atomic E-state index is 0.247. The highest BCUT2D eigenvalue weighted by Gasteiger charge is 2.28. The number of nitrogens with one attached hydrogen (secondary N) is 3. The Kier molecular flexibility index (Phi) is 3.92.